The Morgan fingerprint density at radius 1 is 1.47 bits per heavy atom. The summed E-state index contributed by atoms with van der Waals surface area (Å²) in [4.78, 5) is 14.5. The molecule has 1 fully saturated rings. The average molecular weight is 281 g/mol. The van der Waals surface area contributed by atoms with Gasteiger partial charge in [0.1, 0.15) is 0 Å². The molecule has 0 aliphatic carbocycles. The van der Waals surface area contributed by atoms with Gasteiger partial charge in [-0.3, -0.25) is 4.79 Å². The first-order valence-corrected chi connectivity index (χ1v) is 7.21. The van der Waals surface area contributed by atoms with Gasteiger partial charge in [0, 0.05) is 29.2 Å². The van der Waals surface area contributed by atoms with Crippen molar-refractivity contribution in [1.82, 2.24) is 4.90 Å². The van der Waals surface area contributed by atoms with Gasteiger partial charge in [0.05, 0.1) is 0 Å². The molecule has 0 saturated carbocycles. The topological polar surface area (TPSA) is 46.3 Å². The van der Waals surface area contributed by atoms with E-state index in [0.717, 1.165) is 31.4 Å². The minimum absolute atomic E-state index is 0.00479. The lowest BCUT2D eigenvalue weighted by Gasteiger charge is -2.38. The number of likely N-dealkylation sites (tertiary alicyclic amines) is 1. The first kappa shape index (κ1) is 14.4. The van der Waals surface area contributed by atoms with Crippen molar-refractivity contribution in [3.8, 4) is 0 Å². The number of carbonyl (C=O) groups is 1. The predicted octanol–water partition coefficient (Wildman–Crippen LogP) is 2.99. The fourth-order valence-electron chi connectivity index (χ4n) is 2.65. The highest BCUT2D eigenvalue weighted by Crippen LogP contribution is 2.23. The molecule has 2 unspecified atom stereocenters. The summed E-state index contributed by atoms with van der Waals surface area (Å²) in [5.74, 6) is 0.0453. The maximum atomic E-state index is 12.6. The molecule has 1 aromatic rings. The Hall–Kier alpha value is -1.06. The zero-order valence-corrected chi connectivity index (χ0v) is 12.3. The number of carbonyl (C=O) groups excluding carboxylic acids is 1. The minimum Gasteiger partial charge on any atom is -0.334 e. The van der Waals surface area contributed by atoms with Gasteiger partial charge in [-0.15, -0.1) is 0 Å². The van der Waals surface area contributed by atoms with Crippen molar-refractivity contribution in [3.05, 3.63) is 34.3 Å². The molecule has 1 heterocycles. The summed E-state index contributed by atoms with van der Waals surface area (Å²) in [5.41, 5.74) is 7.65. The number of nitrogens with two attached hydrogens (primary N) is 1. The highest BCUT2D eigenvalue weighted by molar-refractivity contribution is 6.31. The summed E-state index contributed by atoms with van der Waals surface area (Å²) in [7, 11) is 0. The molecule has 1 amide bonds. The molecule has 1 aliphatic heterocycles. The highest BCUT2D eigenvalue weighted by atomic mass is 35.5. The maximum absolute atomic E-state index is 12.6. The summed E-state index contributed by atoms with van der Waals surface area (Å²) in [6, 6.07) is 5.63. The molecule has 0 radical (unpaired) electrons. The Bertz CT molecular complexity index is 473. The molecular weight excluding hydrogens is 260 g/mol. The van der Waals surface area contributed by atoms with E-state index < -0.39 is 0 Å². The molecule has 2 N–H and O–H groups in total. The van der Waals surface area contributed by atoms with E-state index in [2.05, 4.69) is 0 Å². The van der Waals surface area contributed by atoms with Crippen molar-refractivity contribution in [2.75, 3.05) is 6.54 Å². The second kappa shape index (κ2) is 5.93. The maximum Gasteiger partial charge on any atom is 0.254 e. The molecule has 0 bridgehead atoms. The Morgan fingerprint density at radius 3 is 2.84 bits per heavy atom. The molecule has 1 aliphatic rings. The lowest BCUT2D eigenvalue weighted by molar-refractivity contribution is 0.0584. The fraction of sp³-hybridized carbons (Fsp3) is 0.533. The molecule has 0 spiro atoms. The lowest BCUT2D eigenvalue weighted by Crippen LogP contribution is -2.51. The second-order valence-corrected chi connectivity index (χ2v) is 5.79. The zero-order chi connectivity index (χ0) is 14.0. The normalized spacial score (nSPS) is 21.3. The van der Waals surface area contributed by atoms with Crippen LogP contribution in [0.3, 0.4) is 0 Å². The molecule has 1 saturated heterocycles. The molecule has 2 atom stereocenters. The number of piperidine rings is 1. The Balaban J connectivity index is 2.23. The van der Waals surface area contributed by atoms with Gasteiger partial charge >= 0.3 is 0 Å². The highest BCUT2D eigenvalue weighted by Gasteiger charge is 2.29. The van der Waals surface area contributed by atoms with Gasteiger partial charge in [0.15, 0.2) is 0 Å². The Labute approximate surface area is 119 Å². The predicted molar refractivity (Wildman–Crippen MR) is 78.5 cm³/mol. The van der Waals surface area contributed by atoms with Crippen LogP contribution < -0.4 is 5.73 Å². The van der Waals surface area contributed by atoms with E-state index in [-0.39, 0.29) is 18.0 Å². The van der Waals surface area contributed by atoms with Crippen LogP contribution in [0.2, 0.25) is 5.02 Å². The summed E-state index contributed by atoms with van der Waals surface area (Å²) >= 11 is 6.10. The quantitative estimate of drug-likeness (QED) is 0.905. The van der Waals surface area contributed by atoms with Crippen molar-refractivity contribution in [2.24, 2.45) is 5.73 Å². The molecule has 0 aromatic heterocycles. The van der Waals surface area contributed by atoms with Gasteiger partial charge in [-0.2, -0.15) is 0 Å². The van der Waals surface area contributed by atoms with Crippen LogP contribution in [0.4, 0.5) is 0 Å². The van der Waals surface area contributed by atoms with Gasteiger partial charge in [-0.1, -0.05) is 17.7 Å². The number of halogens is 1. The number of hydrogen-bond donors (Lipinski definition) is 1. The third-order valence-electron chi connectivity index (χ3n) is 3.84. The first-order chi connectivity index (χ1) is 9.00. The number of aryl methyl sites for hydroxylation is 1. The van der Waals surface area contributed by atoms with Crippen LogP contribution >= 0.6 is 11.6 Å². The SMILES string of the molecule is Cc1ccc(C(=O)N2CCCCC2C(C)N)cc1Cl. The largest absolute Gasteiger partial charge is 0.334 e. The molecule has 19 heavy (non-hydrogen) atoms. The van der Waals surface area contributed by atoms with Gasteiger partial charge in [0.25, 0.3) is 5.91 Å². The Kier molecular flexibility index (Phi) is 4.48. The van der Waals surface area contributed by atoms with Gasteiger partial charge < -0.3 is 10.6 Å². The molecule has 1 aromatic carbocycles. The van der Waals surface area contributed by atoms with Gasteiger partial charge in [-0.05, 0) is 50.8 Å². The van der Waals surface area contributed by atoms with Crippen molar-refractivity contribution in [1.29, 1.82) is 0 Å². The summed E-state index contributed by atoms with van der Waals surface area (Å²) in [5, 5.41) is 0.639. The van der Waals surface area contributed by atoms with Crippen molar-refractivity contribution < 1.29 is 4.79 Å². The standard InChI is InChI=1S/C15H21ClN2O/c1-10-6-7-12(9-13(10)16)15(19)18-8-4-3-5-14(18)11(2)17/h6-7,9,11,14H,3-5,8,17H2,1-2H3. The van der Waals surface area contributed by atoms with E-state index in [1.807, 2.05) is 30.9 Å². The van der Waals surface area contributed by atoms with Crippen molar-refractivity contribution in [3.63, 3.8) is 0 Å². The molecular formula is C15H21ClN2O. The number of amides is 1. The fourth-order valence-corrected chi connectivity index (χ4v) is 2.83. The van der Waals surface area contributed by atoms with Gasteiger partial charge in [-0.25, -0.2) is 0 Å². The van der Waals surface area contributed by atoms with E-state index in [1.54, 1.807) is 6.07 Å². The average Bonchev–Trinajstić information content (AvgIpc) is 2.41. The van der Waals surface area contributed by atoms with Crippen molar-refractivity contribution >= 4 is 17.5 Å². The van der Waals surface area contributed by atoms with E-state index in [0.29, 0.717) is 10.6 Å². The van der Waals surface area contributed by atoms with E-state index in [1.165, 1.54) is 0 Å². The van der Waals surface area contributed by atoms with Crippen LogP contribution in [0.1, 0.15) is 42.1 Å². The Morgan fingerprint density at radius 2 is 2.21 bits per heavy atom. The van der Waals surface area contributed by atoms with Gasteiger partial charge in [0.2, 0.25) is 0 Å². The zero-order valence-electron chi connectivity index (χ0n) is 11.5. The third-order valence-corrected chi connectivity index (χ3v) is 4.24. The summed E-state index contributed by atoms with van der Waals surface area (Å²) < 4.78 is 0. The van der Waals surface area contributed by atoms with Crippen LogP contribution in [0.15, 0.2) is 18.2 Å². The molecule has 2 rings (SSSR count). The number of rotatable bonds is 2. The monoisotopic (exact) mass is 280 g/mol. The van der Waals surface area contributed by atoms with E-state index >= 15 is 0 Å². The number of benzene rings is 1. The van der Waals surface area contributed by atoms with E-state index in [4.69, 9.17) is 17.3 Å². The molecule has 4 heteroatoms. The van der Waals surface area contributed by atoms with E-state index in [9.17, 15) is 4.79 Å². The third kappa shape index (κ3) is 3.10. The number of nitrogens with zero attached hydrogens (tertiary/aromatic N) is 1. The van der Waals surface area contributed by atoms with Crippen LogP contribution in [-0.4, -0.2) is 29.4 Å². The molecule has 104 valence electrons. The van der Waals surface area contributed by atoms with Crippen LogP contribution in [-0.2, 0) is 0 Å². The summed E-state index contributed by atoms with van der Waals surface area (Å²) in [6.45, 7) is 4.69. The minimum atomic E-state index is 0.00479. The smallest absolute Gasteiger partial charge is 0.254 e. The number of hydrogen-bond acceptors (Lipinski definition) is 2. The second-order valence-electron chi connectivity index (χ2n) is 5.38. The first-order valence-electron chi connectivity index (χ1n) is 6.83. The van der Waals surface area contributed by atoms with Crippen LogP contribution in [0.5, 0.6) is 0 Å². The van der Waals surface area contributed by atoms with Crippen molar-refractivity contribution in [2.45, 2.75) is 45.2 Å². The lowest BCUT2D eigenvalue weighted by atomic mass is 9.96. The summed E-state index contributed by atoms with van der Waals surface area (Å²) in [6.07, 6.45) is 3.18. The molecule has 3 nitrogen and oxygen atoms in total. The van der Waals surface area contributed by atoms with Crippen LogP contribution in [0, 0.1) is 6.92 Å². The van der Waals surface area contributed by atoms with Crippen LogP contribution in [0.25, 0.3) is 0 Å².